The molecule has 188 valence electrons. The number of carbonyl (C=O) groups excluding carboxylic acids is 1. The minimum atomic E-state index is -0.736. The third kappa shape index (κ3) is 4.05. The van der Waals surface area contributed by atoms with Gasteiger partial charge in [0.25, 0.3) is 0 Å². The summed E-state index contributed by atoms with van der Waals surface area (Å²) in [6.07, 6.45) is 8.87. The molecule has 4 aromatic heterocycles. The Morgan fingerprint density at radius 2 is 1.84 bits per heavy atom. The molecule has 0 fully saturated rings. The van der Waals surface area contributed by atoms with Gasteiger partial charge in [0.2, 0.25) is 0 Å². The van der Waals surface area contributed by atoms with Crippen LogP contribution in [0.5, 0.6) is 0 Å². The number of aryl methyl sites for hydroxylation is 1. The molecule has 0 radical (unpaired) electrons. The number of hydrogen-bond donors (Lipinski definition) is 0. The minimum absolute atomic E-state index is 0.116. The Kier molecular flexibility index (Phi) is 5.64. The Morgan fingerprint density at radius 1 is 0.974 bits per heavy atom. The van der Waals surface area contributed by atoms with Gasteiger partial charge in [0.15, 0.2) is 11.3 Å². The average molecular weight is 508 g/mol. The summed E-state index contributed by atoms with van der Waals surface area (Å²) in [6.45, 7) is 2.06. The Labute approximate surface area is 216 Å². The lowest BCUT2D eigenvalue weighted by Crippen LogP contribution is -2.07. The maximum Gasteiger partial charge on any atom is 0.340 e. The molecule has 10 heteroatoms. The first kappa shape index (κ1) is 23.4. The van der Waals surface area contributed by atoms with Gasteiger partial charge in [0.05, 0.1) is 48.6 Å². The summed E-state index contributed by atoms with van der Waals surface area (Å²) >= 11 is 0. The van der Waals surface area contributed by atoms with E-state index in [-0.39, 0.29) is 11.6 Å². The molecule has 6 rings (SSSR count). The first-order valence-corrected chi connectivity index (χ1v) is 11.9. The third-order valence-corrected chi connectivity index (χ3v) is 6.60. The van der Waals surface area contributed by atoms with Crippen LogP contribution in [-0.2, 0) is 11.8 Å². The normalized spacial score (nSPS) is 12.2. The molecular weight excluding hydrogens is 485 g/mol. The Balaban J connectivity index is 1.37. The molecule has 0 N–H and O–H groups in total. The van der Waals surface area contributed by atoms with E-state index < -0.39 is 11.8 Å². The molecule has 0 saturated carbocycles. The highest BCUT2D eigenvalue weighted by molar-refractivity contribution is 5.90. The number of fused-ring (bicyclic) bond motifs is 2. The molecule has 0 aliphatic carbocycles. The summed E-state index contributed by atoms with van der Waals surface area (Å²) in [5.74, 6) is -1.42. The lowest BCUT2D eigenvalue weighted by Gasteiger charge is -2.15. The monoisotopic (exact) mass is 507 g/mol. The predicted molar refractivity (Wildman–Crippen MR) is 140 cm³/mol. The zero-order valence-electron chi connectivity index (χ0n) is 20.8. The van der Waals surface area contributed by atoms with E-state index in [1.165, 1.54) is 19.2 Å². The summed E-state index contributed by atoms with van der Waals surface area (Å²) in [5.41, 5.74) is 5.79. The number of pyridine rings is 1. The number of esters is 1. The summed E-state index contributed by atoms with van der Waals surface area (Å²) in [7, 11) is 3.10. The first-order valence-electron chi connectivity index (χ1n) is 11.9. The number of carbonyl (C=O) groups is 1. The molecule has 0 amide bonds. The fourth-order valence-electron chi connectivity index (χ4n) is 4.48. The van der Waals surface area contributed by atoms with Gasteiger partial charge >= 0.3 is 5.97 Å². The standard InChI is InChI=1S/C28H22FN7O2/c1-16(17-5-7-24-19(8-17)9-20(11-30-24)21-12-33-35(2)14-21)36-15-32-26-27(36)34-25(13-31-26)18-4-6-22(23(29)10-18)28(37)38-3/h4-16H,1-3H3. The van der Waals surface area contributed by atoms with E-state index in [4.69, 9.17) is 4.98 Å². The van der Waals surface area contributed by atoms with Crippen LogP contribution in [0.25, 0.3) is 44.6 Å². The van der Waals surface area contributed by atoms with Crippen LogP contribution in [0.2, 0.25) is 0 Å². The zero-order valence-corrected chi connectivity index (χ0v) is 20.8. The van der Waals surface area contributed by atoms with Crippen LogP contribution >= 0.6 is 0 Å². The number of methoxy groups -OCH3 is 1. The molecule has 0 aliphatic heterocycles. The van der Waals surface area contributed by atoms with Gasteiger partial charge in [-0.1, -0.05) is 12.1 Å². The van der Waals surface area contributed by atoms with Gasteiger partial charge in [-0.3, -0.25) is 9.67 Å². The maximum atomic E-state index is 14.5. The quantitative estimate of drug-likeness (QED) is 0.304. The number of nitrogens with zero attached hydrogens (tertiary/aromatic N) is 7. The van der Waals surface area contributed by atoms with Crippen LogP contribution in [0.4, 0.5) is 4.39 Å². The Hall–Kier alpha value is -4.99. The SMILES string of the molecule is COC(=O)c1ccc(-c2cnc3ncn(C(C)c4ccc5ncc(-c6cnn(C)c6)cc5c4)c3n2)cc1F. The van der Waals surface area contributed by atoms with Crippen molar-refractivity contribution in [1.82, 2.24) is 34.3 Å². The number of hydrogen-bond acceptors (Lipinski definition) is 7. The molecule has 1 unspecified atom stereocenters. The van der Waals surface area contributed by atoms with Crippen molar-refractivity contribution in [2.45, 2.75) is 13.0 Å². The van der Waals surface area contributed by atoms with Crippen LogP contribution in [0, 0.1) is 5.82 Å². The van der Waals surface area contributed by atoms with Crippen LogP contribution in [0.1, 0.15) is 28.9 Å². The van der Waals surface area contributed by atoms with Crippen molar-refractivity contribution < 1.29 is 13.9 Å². The van der Waals surface area contributed by atoms with Crippen molar-refractivity contribution >= 4 is 28.2 Å². The van der Waals surface area contributed by atoms with E-state index in [9.17, 15) is 9.18 Å². The summed E-state index contributed by atoms with van der Waals surface area (Å²) in [4.78, 5) is 29.9. The van der Waals surface area contributed by atoms with E-state index in [1.807, 2.05) is 42.3 Å². The van der Waals surface area contributed by atoms with Gasteiger partial charge in [-0.25, -0.2) is 24.1 Å². The molecule has 38 heavy (non-hydrogen) atoms. The second-order valence-corrected chi connectivity index (χ2v) is 9.00. The van der Waals surface area contributed by atoms with Crippen molar-refractivity contribution in [2.75, 3.05) is 7.11 Å². The highest BCUT2D eigenvalue weighted by Crippen LogP contribution is 2.28. The molecule has 1 atom stereocenters. The number of benzene rings is 2. The Bertz CT molecular complexity index is 1840. The molecule has 4 heterocycles. The summed E-state index contributed by atoms with van der Waals surface area (Å²) < 4.78 is 22.9. The minimum Gasteiger partial charge on any atom is -0.465 e. The second kappa shape index (κ2) is 9.15. The van der Waals surface area contributed by atoms with E-state index in [0.29, 0.717) is 22.6 Å². The van der Waals surface area contributed by atoms with E-state index in [0.717, 1.165) is 27.6 Å². The van der Waals surface area contributed by atoms with Crippen LogP contribution in [0.3, 0.4) is 0 Å². The topological polar surface area (TPSA) is 101 Å². The number of rotatable bonds is 5. The summed E-state index contributed by atoms with van der Waals surface area (Å²) in [6, 6.07) is 12.4. The average Bonchev–Trinajstić information content (AvgIpc) is 3.57. The number of aromatic nitrogens is 7. The smallest absolute Gasteiger partial charge is 0.340 e. The largest absolute Gasteiger partial charge is 0.465 e. The van der Waals surface area contributed by atoms with Crippen LogP contribution in [0.15, 0.2) is 73.6 Å². The van der Waals surface area contributed by atoms with Gasteiger partial charge in [-0.15, -0.1) is 0 Å². The molecule has 9 nitrogen and oxygen atoms in total. The van der Waals surface area contributed by atoms with Crippen LogP contribution in [-0.4, -0.2) is 47.4 Å². The molecule has 0 aliphatic rings. The lowest BCUT2D eigenvalue weighted by atomic mass is 10.0. The van der Waals surface area contributed by atoms with Gasteiger partial charge in [-0.2, -0.15) is 5.10 Å². The van der Waals surface area contributed by atoms with Crippen molar-refractivity contribution in [3.05, 3.63) is 90.5 Å². The second-order valence-electron chi connectivity index (χ2n) is 9.00. The van der Waals surface area contributed by atoms with Gasteiger partial charge < -0.3 is 9.30 Å². The molecule has 2 aromatic carbocycles. The Morgan fingerprint density at radius 3 is 2.61 bits per heavy atom. The van der Waals surface area contributed by atoms with Gasteiger partial charge in [-0.05, 0) is 42.8 Å². The fourth-order valence-corrected chi connectivity index (χ4v) is 4.48. The lowest BCUT2D eigenvalue weighted by molar-refractivity contribution is 0.0595. The van der Waals surface area contributed by atoms with Gasteiger partial charge in [0, 0.05) is 41.5 Å². The number of ether oxygens (including phenoxy) is 1. The predicted octanol–water partition coefficient (Wildman–Crippen LogP) is 4.98. The molecule has 0 bridgehead atoms. The highest BCUT2D eigenvalue weighted by atomic mass is 19.1. The molecule has 0 spiro atoms. The van der Waals surface area contributed by atoms with E-state index >= 15 is 0 Å². The molecule has 6 aromatic rings. The summed E-state index contributed by atoms with van der Waals surface area (Å²) in [5, 5.41) is 5.26. The van der Waals surface area contributed by atoms with E-state index in [1.54, 1.807) is 23.3 Å². The van der Waals surface area contributed by atoms with E-state index in [2.05, 4.69) is 43.8 Å². The third-order valence-electron chi connectivity index (χ3n) is 6.60. The zero-order chi connectivity index (χ0) is 26.4. The van der Waals surface area contributed by atoms with Crippen molar-refractivity contribution in [1.29, 1.82) is 0 Å². The highest BCUT2D eigenvalue weighted by Gasteiger charge is 2.17. The van der Waals surface area contributed by atoms with Crippen molar-refractivity contribution in [3.8, 4) is 22.4 Å². The first-order chi connectivity index (χ1) is 18.4. The molecular formula is C28H22FN7O2. The number of halogens is 1. The fraction of sp³-hybridized carbons (Fsp3) is 0.143. The van der Waals surface area contributed by atoms with Gasteiger partial charge in [0.1, 0.15) is 5.82 Å². The van der Waals surface area contributed by atoms with Crippen LogP contribution < -0.4 is 0 Å². The molecule has 0 saturated heterocycles. The number of imidazole rings is 1. The maximum absolute atomic E-state index is 14.5. The van der Waals surface area contributed by atoms with Crippen molar-refractivity contribution in [3.63, 3.8) is 0 Å². The van der Waals surface area contributed by atoms with Crippen molar-refractivity contribution in [2.24, 2.45) is 7.05 Å².